The van der Waals surface area contributed by atoms with Gasteiger partial charge in [-0.1, -0.05) is 43.7 Å². The van der Waals surface area contributed by atoms with Crippen LogP contribution in [0.25, 0.3) is 11.0 Å². The highest BCUT2D eigenvalue weighted by atomic mass is 16.5. The molecule has 1 N–H and O–H groups in total. The number of rotatable bonds is 8. The Morgan fingerprint density at radius 2 is 1.92 bits per heavy atom. The third-order valence-electron chi connectivity index (χ3n) is 4.34. The fraction of sp³-hybridized carbons (Fsp3) is 0.333. The number of nitrogens with one attached hydrogen (secondary N) is 1. The van der Waals surface area contributed by atoms with Crippen LogP contribution >= 0.6 is 0 Å². The average Bonchev–Trinajstić information content (AvgIpc) is 2.99. The Kier molecular flexibility index (Phi) is 5.89. The van der Waals surface area contributed by atoms with E-state index in [0.29, 0.717) is 13.2 Å². The molecule has 1 aromatic heterocycles. The molecule has 136 valence electrons. The lowest BCUT2D eigenvalue weighted by molar-refractivity contribution is -0.121. The first kappa shape index (κ1) is 18.0. The summed E-state index contributed by atoms with van der Waals surface area (Å²) in [5, 5.41) is 2.97. The van der Waals surface area contributed by atoms with Crippen molar-refractivity contribution in [3.05, 3.63) is 59.9 Å². The van der Waals surface area contributed by atoms with Crippen molar-refractivity contribution in [1.29, 1.82) is 0 Å². The zero-order valence-corrected chi connectivity index (χ0v) is 15.4. The van der Waals surface area contributed by atoms with Gasteiger partial charge in [0.05, 0.1) is 11.0 Å². The van der Waals surface area contributed by atoms with Gasteiger partial charge in [-0.3, -0.25) is 4.79 Å². The second-order valence-corrected chi connectivity index (χ2v) is 6.36. The van der Waals surface area contributed by atoms with Gasteiger partial charge in [0.2, 0.25) is 5.91 Å². The lowest BCUT2D eigenvalue weighted by atomic mass is 10.2. The first-order valence-corrected chi connectivity index (χ1v) is 9.08. The summed E-state index contributed by atoms with van der Waals surface area (Å²) in [6.07, 6.45) is 2.05. The summed E-state index contributed by atoms with van der Waals surface area (Å²) < 4.78 is 7.90. The number of carbonyl (C=O) groups excluding carboxylic acids is 1. The topological polar surface area (TPSA) is 56.2 Å². The number of aryl methyl sites for hydroxylation is 1. The van der Waals surface area contributed by atoms with Crippen molar-refractivity contribution in [2.45, 2.75) is 39.8 Å². The fourth-order valence-corrected chi connectivity index (χ4v) is 2.88. The fourth-order valence-electron chi connectivity index (χ4n) is 2.88. The van der Waals surface area contributed by atoms with E-state index < -0.39 is 0 Å². The number of carbonyl (C=O) groups is 1. The van der Waals surface area contributed by atoms with Crippen LogP contribution in [0.3, 0.4) is 0 Å². The van der Waals surface area contributed by atoms with Crippen molar-refractivity contribution >= 4 is 16.9 Å². The maximum absolute atomic E-state index is 12.3. The molecule has 0 fully saturated rings. The quantitative estimate of drug-likeness (QED) is 0.627. The van der Waals surface area contributed by atoms with E-state index >= 15 is 0 Å². The average molecular weight is 351 g/mol. The molecule has 5 nitrogen and oxygen atoms in total. The summed E-state index contributed by atoms with van der Waals surface area (Å²) >= 11 is 0. The first-order valence-electron chi connectivity index (χ1n) is 9.08. The molecule has 2 aromatic carbocycles. The summed E-state index contributed by atoms with van der Waals surface area (Å²) in [6.45, 7) is 5.39. The largest absolute Gasteiger partial charge is 0.485 e. The molecule has 0 unspecified atom stereocenters. The smallest absolute Gasteiger partial charge is 0.240 e. The van der Waals surface area contributed by atoms with Crippen LogP contribution in [-0.2, 0) is 17.9 Å². The molecular weight excluding hydrogens is 326 g/mol. The number of amides is 1. The van der Waals surface area contributed by atoms with Crippen LogP contribution in [0.2, 0.25) is 0 Å². The maximum atomic E-state index is 12.3. The molecule has 5 heteroatoms. The Morgan fingerprint density at radius 3 is 2.73 bits per heavy atom. The van der Waals surface area contributed by atoms with E-state index in [-0.39, 0.29) is 12.5 Å². The van der Waals surface area contributed by atoms with Gasteiger partial charge in [0.15, 0.2) is 0 Å². The number of imidazole rings is 1. The molecule has 0 radical (unpaired) electrons. The molecule has 0 saturated carbocycles. The Morgan fingerprint density at radius 1 is 1.15 bits per heavy atom. The van der Waals surface area contributed by atoms with Crippen molar-refractivity contribution in [3.63, 3.8) is 0 Å². The highest BCUT2D eigenvalue weighted by Gasteiger charge is 2.14. The maximum Gasteiger partial charge on any atom is 0.240 e. The Balaban J connectivity index is 1.80. The lowest BCUT2D eigenvalue weighted by Gasteiger charge is -2.12. The van der Waals surface area contributed by atoms with Crippen LogP contribution in [-0.4, -0.2) is 22.0 Å². The molecule has 1 amide bonds. The zero-order valence-electron chi connectivity index (χ0n) is 15.4. The lowest BCUT2D eigenvalue weighted by Crippen LogP contribution is -2.29. The van der Waals surface area contributed by atoms with Crippen molar-refractivity contribution < 1.29 is 9.53 Å². The second-order valence-electron chi connectivity index (χ2n) is 6.36. The van der Waals surface area contributed by atoms with E-state index in [2.05, 4.69) is 17.2 Å². The molecule has 3 aromatic rings. The first-order chi connectivity index (χ1) is 12.7. The van der Waals surface area contributed by atoms with Crippen LogP contribution in [0.1, 0.15) is 31.2 Å². The molecule has 26 heavy (non-hydrogen) atoms. The highest BCUT2D eigenvalue weighted by molar-refractivity contribution is 5.81. The minimum atomic E-state index is -0.00116. The minimum Gasteiger partial charge on any atom is -0.485 e. The van der Waals surface area contributed by atoms with E-state index in [1.807, 2.05) is 60.0 Å². The van der Waals surface area contributed by atoms with Gasteiger partial charge in [-0.15, -0.1) is 0 Å². The van der Waals surface area contributed by atoms with Crippen molar-refractivity contribution in [2.24, 2.45) is 0 Å². The number of benzene rings is 2. The van der Waals surface area contributed by atoms with E-state index in [1.54, 1.807) is 0 Å². The van der Waals surface area contributed by atoms with Crippen molar-refractivity contribution in [3.8, 4) is 5.75 Å². The predicted molar refractivity (Wildman–Crippen MR) is 103 cm³/mol. The van der Waals surface area contributed by atoms with Crippen molar-refractivity contribution in [1.82, 2.24) is 14.9 Å². The number of ether oxygens (including phenoxy) is 1. The summed E-state index contributed by atoms with van der Waals surface area (Å²) in [5.74, 6) is 1.58. The molecule has 1 heterocycles. The molecule has 0 bridgehead atoms. The van der Waals surface area contributed by atoms with Gasteiger partial charge in [0.25, 0.3) is 0 Å². The van der Waals surface area contributed by atoms with Gasteiger partial charge in [-0.05, 0) is 37.1 Å². The van der Waals surface area contributed by atoms with Gasteiger partial charge in [-0.25, -0.2) is 4.98 Å². The Hall–Kier alpha value is -2.82. The van der Waals surface area contributed by atoms with Crippen molar-refractivity contribution in [2.75, 3.05) is 6.54 Å². The number of aromatic nitrogens is 2. The molecular formula is C21H25N3O2. The van der Waals surface area contributed by atoms with Gasteiger partial charge in [0.1, 0.15) is 24.7 Å². The molecule has 0 aliphatic rings. The van der Waals surface area contributed by atoms with Crippen LogP contribution in [0.15, 0.2) is 48.5 Å². The molecule has 0 saturated heterocycles. The van der Waals surface area contributed by atoms with Crippen LogP contribution in [0.4, 0.5) is 0 Å². The third-order valence-corrected chi connectivity index (χ3v) is 4.34. The molecule has 0 aliphatic carbocycles. The van der Waals surface area contributed by atoms with E-state index in [0.717, 1.165) is 41.0 Å². The summed E-state index contributed by atoms with van der Waals surface area (Å²) in [6, 6.07) is 15.7. The van der Waals surface area contributed by atoms with Crippen LogP contribution < -0.4 is 10.1 Å². The van der Waals surface area contributed by atoms with Crippen LogP contribution in [0.5, 0.6) is 5.75 Å². The third kappa shape index (κ3) is 4.23. The van der Waals surface area contributed by atoms with Gasteiger partial charge in [0, 0.05) is 6.54 Å². The number of para-hydroxylation sites is 3. The van der Waals surface area contributed by atoms with E-state index in [9.17, 15) is 4.79 Å². The van der Waals surface area contributed by atoms with Gasteiger partial charge < -0.3 is 14.6 Å². The number of hydrogen-bond donors (Lipinski definition) is 1. The number of nitrogens with zero attached hydrogens (tertiary/aromatic N) is 2. The zero-order chi connectivity index (χ0) is 18.4. The van der Waals surface area contributed by atoms with Gasteiger partial charge >= 0.3 is 0 Å². The number of hydrogen-bond acceptors (Lipinski definition) is 3. The van der Waals surface area contributed by atoms with Gasteiger partial charge in [-0.2, -0.15) is 0 Å². The molecule has 0 atom stereocenters. The van der Waals surface area contributed by atoms with E-state index in [4.69, 9.17) is 4.74 Å². The SMILES string of the molecule is CCCCNC(=O)Cn1c(COc2ccccc2C)nc2ccccc21. The second kappa shape index (κ2) is 8.52. The molecule has 3 rings (SSSR count). The summed E-state index contributed by atoms with van der Waals surface area (Å²) in [7, 11) is 0. The normalized spacial score (nSPS) is 10.8. The van der Waals surface area contributed by atoms with E-state index in [1.165, 1.54) is 0 Å². The standard InChI is InChI=1S/C21H25N3O2/c1-3-4-13-22-21(25)14-24-18-11-7-6-10-17(18)23-20(24)15-26-19-12-8-5-9-16(19)2/h5-12H,3-4,13-15H2,1-2H3,(H,22,25). The molecule has 0 spiro atoms. The minimum absolute atomic E-state index is 0.00116. The summed E-state index contributed by atoms with van der Waals surface area (Å²) in [5.41, 5.74) is 2.89. The summed E-state index contributed by atoms with van der Waals surface area (Å²) in [4.78, 5) is 17.0. The number of fused-ring (bicyclic) bond motifs is 1. The monoisotopic (exact) mass is 351 g/mol. The number of unbranched alkanes of at least 4 members (excludes halogenated alkanes) is 1. The highest BCUT2D eigenvalue weighted by Crippen LogP contribution is 2.20. The Labute approximate surface area is 154 Å². The molecule has 0 aliphatic heterocycles. The van der Waals surface area contributed by atoms with Crippen LogP contribution in [0, 0.1) is 6.92 Å². The Bertz CT molecular complexity index is 886. The predicted octanol–water partition coefficient (Wildman–Crippen LogP) is 3.84.